The number of anilines is 1. The third kappa shape index (κ3) is 2.80. The average Bonchev–Trinajstić information content (AvgIpc) is 2.94. The quantitative estimate of drug-likeness (QED) is 0.861. The molecule has 1 aliphatic carbocycles. The van der Waals surface area contributed by atoms with Gasteiger partial charge in [-0.2, -0.15) is 0 Å². The largest absolute Gasteiger partial charge is 0.366 e. The van der Waals surface area contributed by atoms with Crippen molar-refractivity contribution in [3.05, 3.63) is 18.1 Å². The second-order valence-electron chi connectivity index (χ2n) is 5.46. The van der Waals surface area contributed by atoms with E-state index >= 15 is 0 Å². The molecule has 1 aliphatic heterocycles. The van der Waals surface area contributed by atoms with Crippen molar-refractivity contribution in [2.24, 2.45) is 0 Å². The summed E-state index contributed by atoms with van der Waals surface area (Å²) in [5.74, 6) is 0.952. The number of rotatable bonds is 3. The van der Waals surface area contributed by atoms with Gasteiger partial charge in [-0.1, -0.05) is 19.3 Å². The van der Waals surface area contributed by atoms with E-state index in [2.05, 4.69) is 15.6 Å². The van der Waals surface area contributed by atoms with Crippen LogP contribution in [0.1, 0.15) is 56.7 Å². The maximum atomic E-state index is 4.71. The summed E-state index contributed by atoms with van der Waals surface area (Å²) in [6.07, 6.45) is 12.8. The van der Waals surface area contributed by atoms with Gasteiger partial charge in [-0.3, -0.25) is 4.98 Å². The van der Waals surface area contributed by atoms with Crippen molar-refractivity contribution in [3.8, 4) is 0 Å². The molecule has 1 aromatic rings. The zero-order valence-electron chi connectivity index (χ0n) is 10.9. The minimum Gasteiger partial charge on any atom is -0.366 e. The molecule has 0 spiro atoms. The second-order valence-corrected chi connectivity index (χ2v) is 5.46. The molecule has 0 unspecified atom stereocenters. The molecule has 18 heavy (non-hydrogen) atoms. The summed E-state index contributed by atoms with van der Waals surface area (Å²) in [4.78, 5) is 9.04. The van der Waals surface area contributed by atoms with Gasteiger partial charge in [0.05, 0.1) is 24.1 Å². The molecule has 4 heteroatoms. The van der Waals surface area contributed by atoms with Crippen LogP contribution in [0.4, 0.5) is 5.82 Å². The van der Waals surface area contributed by atoms with E-state index < -0.39 is 0 Å². The number of aromatic nitrogens is 2. The minimum absolute atomic E-state index is 0.408. The maximum absolute atomic E-state index is 4.71. The first kappa shape index (κ1) is 11.9. The van der Waals surface area contributed by atoms with Crippen LogP contribution in [0.3, 0.4) is 0 Å². The SMILES string of the molecule is c1ncc([C@H]2CCCN2)nc1NC1CCCCC1. The van der Waals surface area contributed by atoms with E-state index in [1.165, 1.54) is 44.9 Å². The van der Waals surface area contributed by atoms with Crippen molar-refractivity contribution < 1.29 is 0 Å². The maximum Gasteiger partial charge on any atom is 0.145 e. The molecule has 98 valence electrons. The Labute approximate surface area is 109 Å². The van der Waals surface area contributed by atoms with E-state index in [-0.39, 0.29) is 0 Å². The summed E-state index contributed by atoms with van der Waals surface area (Å²) in [6.45, 7) is 1.10. The van der Waals surface area contributed by atoms with Gasteiger partial charge in [0.25, 0.3) is 0 Å². The highest BCUT2D eigenvalue weighted by atomic mass is 15.1. The van der Waals surface area contributed by atoms with Crippen LogP contribution in [0.25, 0.3) is 0 Å². The van der Waals surface area contributed by atoms with Crippen molar-refractivity contribution in [2.45, 2.75) is 57.0 Å². The standard InChI is InChI=1S/C14H22N4/c1-2-5-11(6-3-1)17-14-10-15-9-13(18-14)12-7-4-8-16-12/h9-12,16H,1-8H2,(H,17,18)/t12-/m1/s1. The topological polar surface area (TPSA) is 49.8 Å². The minimum atomic E-state index is 0.408. The lowest BCUT2D eigenvalue weighted by atomic mass is 9.95. The van der Waals surface area contributed by atoms with Crippen LogP contribution in [-0.4, -0.2) is 22.6 Å². The van der Waals surface area contributed by atoms with Gasteiger partial charge in [-0.05, 0) is 32.2 Å². The molecule has 2 aliphatic rings. The van der Waals surface area contributed by atoms with Gasteiger partial charge in [0.15, 0.2) is 0 Å². The van der Waals surface area contributed by atoms with E-state index in [4.69, 9.17) is 4.98 Å². The number of nitrogens with one attached hydrogen (secondary N) is 2. The van der Waals surface area contributed by atoms with Crippen molar-refractivity contribution in [2.75, 3.05) is 11.9 Å². The van der Waals surface area contributed by atoms with Gasteiger partial charge in [0, 0.05) is 6.04 Å². The first-order valence-corrected chi connectivity index (χ1v) is 7.24. The monoisotopic (exact) mass is 246 g/mol. The van der Waals surface area contributed by atoms with Crippen LogP contribution < -0.4 is 10.6 Å². The normalized spacial score (nSPS) is 25.2. The molecule has 0 radical (unpaired) electrons. The summed E-state index contributed by atoms with van der Waals surface area (Å²) in [5, 5.41) is 7.02. The fraction of sp³-hybridized carbons (Fsp3) is 0.714. The van der Waals surface area contributed by atoms with E-state index in [1.54, 1.807) is 0 Å². The summed E-state index contributed by atoms with van der Waals surface area (Å²) in [7, 11) is 0. The molecule has 1 atom stereocenters. The van der Waals surface area contributed by atoms with E-state index in [0.717, 1.165) is 18.1 Å². The molecule has 2 N–H and O–H groups in total. The third-order valence-corrected chi connectivity index (χ3v) is 4.03. The predicted molar refractivity (Wildman–Crippen MR) is 72.5 cm³/mol. The van der Waals surface area contributed by atoms with Crippen LogP contribution in [0.15, 0.2) is 12.4 Å². The zero-order valence-corrected chi connectivity index (χ0v) is 10.9. The van der Waals surface area contributed by atoms with Gasteiger partial charge in [0.2, 0.25) is 0 Å². The predicted octanol–water partition coefficient (Wildman–Crippen LogP) is 2.65. The van der Waals surface area contributed by atoms with E-state index in [1.807, 2.05) is 12.4 Å². The van der Waals surface area contributed by atoms with E-state index in [0.29, 0.717) is 12.1 Å². The van der Waals surface area contributed by atoms with Crippen LogP contribution in [0.5, 0.6) is 0 Å². The Morgan fingerprint density at radius 1 is 1.06 bits per heavy atom. The van der Waals surface area contributed by atoms with Crippen LogP contribution in [0, 0.1) is 0 Å². The molecule has 3 rings (SSSR count). The van der Waals surface area contributed by atoms with Crippen LogP contribution >= 0.6 is 0 Å². The van der Waals surface area contributed by atoms with Crippen molar-refractivity contribution in [1.82, 2.24) is 15.3 Å². The number of hydrogen-bond acceptors (Lipinski definition) is 4. The molecule has 2 heterocycles. The summed E-state index contributed by atoms with van der Waals surface area (Å²) in [5.41, 5.74) is 1.09. The Morgan fingerprint density at radius 2 is 1.94 bits per heavy atom. The molecule has 2 fully saturated rings. The van der Waals surface area contributed by atoms with Gasteiger partial charge < -0.3 is 10.6 Å². The second kappa shape index (κ2) is 5.65. The van der Waals surface area contributed by atoms with Crippen molar-refractivity contribution in [1.29, 1.82) is 0 Å². The van der Waals surface area contributed by atoms with Crippen molar-refractivity contribution >= 4 is 5.82 Å². The van der Waals surface area contributed by atoms with E-state index in [9.17, 15) is 0 Å². The molecule has 0 aromatic carbocycles. The van der Waals surface area contributed by atoms with Gasteiger partial charge in [-0.25, -0.2) is 4.98 Å². The zero-order chi connectivity index (χ0) is 12.2. The molecule has 1 aromatic heterocycles. The first-order valence-electron chi connectivity index (χ1n) is 7.24. The fourth-order valence-electron chi connectivity index (χ4n) is 3.01. The highest BCUT2D eigenvalue weighted by Crippen LogP contribution is 2.23. The molecule has 0 amide bonds. The Hall–Kier alpha value is -1.16. The smallest absolute Gasteiger partial charge is 0.145 e. The summed E-state index contributed by atoms with van der Waals surface area (Å²) < 4.78 is 0. The molecular weight excluding hydrogens is 224 g/mol. The summed E-state index contributed by atoms with van der Waals surface area (Å²) >= 11 is 0. The molecular formula is C14H22N4. The van der Waals surface area contributed by atoms with Gasteiger partial charge in [-0.15, -0.1) is 0 Å². The molecule has 1 saturated heterocycles. The van der Waals surface area contributed by atoms with Crippen LogP contribution in [-0.2, 0) is 0 Å². The van der Waals surface area contributed by atoms with Crippen molar-refractivity contribution in [3.63, 3.8) is 0 Å². The third-order valence-electron chi connectivity index (χ3n) is 4.03. The Kier molecular flexibility index (Phi) is 3.74. The number of hydrogen-bond donors (Lipinski definition) is 2. The number of nitrogens with zero attached hydrogens (tertiary/aromatic N) is 2. The average molecular weight is 246 g/mol. The first-order chi connectivity index (χ1) is 8.92. The lowest BCUT2D eigenvalue weighted by Gasteiger charge is -2.23. The molecule has 0 bridgehead atoms. The molecule has 4 nitrogen and oxygen atoms in total. The van der Waals surface area contributed by atoms with Gasteiger partial charge >= 0.3 is 0 Å². The highest BCUT2D eigenvalue weighted by molar-refractivity contribution is 5.34. The Bertz CT molecular complexity index is 381. The fourth-order valence-corrected chi connectivity index (χ4v) is 3.01. The lowest BCUT2D eigenvalue weighted by molar-refractivity contribution is 0.461. The summed E-state index contributed by atoms with van der Waals surface area (Å²) in [6, 6.07) is 1.01. The Morgan fingerprint density at radius 3 is 2.72 bits per heavy atom. The lowest BCUT2D eigenvalue weighted by Crippen LogP contribution is -2.23. The van der Waals surface area contributed by atoms with Crippen LogP contribution in [0.2, 0.25) is 0 Å². The molecule has 1 saturated carbocycles. The Balaban J connectivity index is 1.66. The highest BCUT2D eigenvalue weighted by Gasteiger charge is 2.19. The van der Waals surface area contributed by atoms with Gasteiger partial charge in [0.1, 0.15) is 5.82 Å².